The molecule has 6 heteroatoms. The normalized spacial score (nSPS) is 15.2. The molecule has 0 amide bonds. The minimum Gasteiger partial charge on any atom is -0.497 e. The maximum atomic E-state index is 11.3. The van der Waals surface area contributed by atoms with Crippen molar-refractivity contribution in [3.8, 4) is 28.6 Å². The molecule has 0 aliphatic carbocycles. The summed E-state index contributed by atoms with van der Waals surface area (Å²) in [6, 6.07) is 17.6. The zero-order chi connectivity index (χ0) is 17.9. The van der Waals surface area contributed by atoms with Crippen LogP contribution >= 0.6 is 0 Å². The second-order valence-corrected chi connectivity index (χ2v) is 6.01. The number of ether oxygens (including phenoxy) is 3. The number of aromatic nitrogens is 2. The van der Waals surface area contributed by atoms with E-state index in [0.29, 0.717) is 19.2 Å². The Morgan fingerprint density at radius 2 is 1.96 bits per heavy atom. The lowest BCUT2D eigenvalue weighted by Gasteiger charge is -2.11. The van der Waals surface area contributed by atoms with Crippen molar-refractivity contribution in [1.29, 1.82) is 0 Å². The lowest BCUT2D eigenvalue weighted by atomic mass is 10.1. The van der Waals surface area contributed by atoms with Crippen LogP contribution < -0.4 is 19.8 Å². The molecule has 0 radical (unpaired) electrons. The monoisotopic (exact) mass is 350 g/mol. The third kappa shape index (κ3) is 3.39. The fourth-order valence-corrected chi connectivity index (χ4v) is 2.87. The van der Waals surface area contributed by atoms with Gasteiger partial charge in [0.1, 0.15) is 18.1 Å². The van der Waals surface area contributed by atoms with Gasteiger partial charge in [-0.25, -0.2) is 0 Å². The van der Waals surface area contributed by atoms with Crippen molar-refractivity contribution < 1.29 is 14.2 Å². The molecule has 0 spiro atoms. The van der Waals surface area contributed by atoms with E-state index in [1.165, 1.54) is 6.07 Å². The second kappa shape index (κ2) is 6.92. The summed E-state index contributed by atoms with van der Waals surface area (Å²) in [6.07, 6.45) is 1.52. The van der Waals surface area contributed by atoms with E-state index in [1.807, 2.05) is 48.5 Å². The van der Waals surface area contributed by atoms with Crippen molar-refractivity contribution in [3.05, 3.63) is 71.1 Å². The van der Waals surface area contributed by atoms with Crippen LogP contribution in [-0.4, -0.2) is 29.4 Å². The highest BCUT2D eigenvalue weighted by Crippen LogP contribution is 2.26. The Hall–Kier alpha value is -3.28. The lowest BCUT2D eigenvalue weighted by molar-refractivity contribution is 0.143. The van der Waals surface area contributed by atoms with Crippen molar-refractivity contribution >= 4 is 0 Å². The van der Waals surface area contributed by atoms with Crippen LogP contribution in [0.1, 0.15) is 0 Å². The molecule has 6 nitrogen and oxygen atoms in total. The number of methoxy groups -OCH3 is 1. The van der Waals surface area contributed by atoms with Gasteiger partial charge in [0.2, 0.25) is 0 Å². The van der Waals surface area contributed by atoms with E-state index >= 15 is 0 Å². The molecule has 1 atom stereocenters. The molecule has 0 fully saturated rings. The molecule has 0 saturated heterocycles. The van der Waals surface area contributed by atoms with Gasteiger partial charge < -0.3 is 14.2 Å². The summed E-state index contributed by atoms with van der Waals surface area (Å²) in [5.74, 6) is 1.59. The van der Waals surface area contributed by atoms with Gasteiger partial charge >= 0.3 is 0 Å². The predicted octanol–water partition coefficient (Wildman–Crippen LogP) is 2.76. The van der Waals surface area contributed by atoms with E-state index in [1.54, 1.807) is 17.9 Å². The molecular formula is C20H18N2O4. The molecule has 132 valence electrons. The van der Waals surface area contributed by atoms with E-state index in [0.717, 1.165) is 22.6 Å². The molecule has 1 aliphatic rings. The van der Waals surface area contributed by atoms with Gasteiger partial charge in [0, 0.05) is 12.3 Å². The molecule has 4 rings (SSSR count). The number of rotatable bonds is 5. The molecule has 3 aromatic rings. The van der Waals surface area contributed by atoms with Gasteiger partial charge in [0.15, 0.2) is 6.10 Å². The molecule has 0 bridgehead atoms. The minimum absolute atomic E-state index is 0.164. The van der Waals surface area contributed by atoms with Gasteiger partial charge in [-0.15, -0.1) is 0 Å². The Kier molecular flexibility index (Phi) is 4.31. The van der Waals surface area contributed by atoms with Crippen LogP contribution in [0.5, 0.6) is 17.5 Å². The van der Waals surface area contributed by atoms with Gasteiger partial charge in [-0.3, -0.25) is 9.36 Å². The predicted molar refractivity (Wildman–Crippen MR) is 96.8 cm³/mol. The molecule has 0 N–H and O–H groups in total. The van der Waals surface area contributed by atoms with Crippen LogP contribution in [-0.2, 0) is 6.54 Å². The maximum absolute atomic E-state index is 11.3. The van der Waals surface area contributed by atoms with E-state index in [4.69, 9.17) is 14.2 Å². The van der Waals surface area contributed by atoms with E-state index in [-0.39, 0.29) is 11.7 Å². The summed E-state index contributed by atoms with van der Waals surface area (Å²) < 4.78 is 18.5. The second-order valence-electron chi connectivity index (χ2n) is 6.01. The molecule has 0 saturated carbocycles. The van der Waals surface area contributed by atoms with Crippen molar-refractivity contribution in [2.45, 2.75) is 12.6 Å². The maximum Gasteiger partial charge on any atom is 0.300 e. The van der Waals surface area contributed by atoms with Gasteiger partial charge in [0.25, 0.3) is 11.6 Å². The Morgan fingerprint density at radius 3 is 2.77 bits per heavy atom. The zero-order valence-electron chi connectivity index (χ0n) is 14.3. The van der Waals surface area contributed by atoms with Crippen molar-refractivity contribution in [1.82, 2.24) is 9.55 Å². The first-order valence-electron chi connectivity index (χ1n) is 8.33. The molecule has 1 aromatic heterocycles. The van der Waals surface area contributed by atoms with Crippen LogP contribution in [0.3, 0.4) is 0 Å². The first kappa shape index (κ1) is 16.2. The number of nitrogens with zero attached hydrogens (tertiary/aromatic N) is 2. The van der Waals surface area contributed by atoms with E-state index in [2.05, 4.69) is 4.98 Å². The van der Waals surface area contributed by atoms with Gasteiger partial charge in [0.05, 0.1) is 13.7 Å². The summed E-state index contributed by atoms with van der Waals surface area (Å²) >= 11 is 0. The van der Waals surface area contributed by atoms with Crippen molar-refractivity contribution in [2.75, 3.05) is 13.7 Å². The number of benzene rings is 2. The van der Waals surface area contributed by atoms with Crippen LogP contribution in [0.4, 0.5) is 0 Å². The number of hydrogen-bond acceptors (Lipinski definition) is 5. The summed E-state index contributed by atoms with van der Waals surface area (Å²) in [5.41, 5.74) is 1.87. The van der Waals surface area contributed by atoms with Crippen molar-refractivity contribution in [3.63, 3.8) is 0 Å². The SMILES string of the molecule is COc1cccc(-c2ccc(OC[C@@H]3Cn4ccc(=O)nc4O3)cc2)c1. The zero-order valence-corrected chi connectivity index (χ0v) is 14.3. The fraction of sp³-hybridized carbons (Fsp3) is 0.200. The Bertz CT molecular complexity index is 966. The summed E-state index contributed by atoms with van der Waals surface area (Å²) in [4.78, 5) is 15.1. The smallest absolute Gasteiger partial charge is 0.300 e. The molecular weight excluding hydrogens is 332 g/mol. The average Bonchev–Trinajstić information content (AvgIpc) is 3.09. The highest BCUT2D eigenvalue weighted by atomic mass is 16.6. The topological polar surface area (TPSA) is 62.6 Å². The van der Waals surface area contributed by atoms with E-state index < -0.39 is 0 Å². The van der Waals surface area contributed by atoms with Crippen LogP contribution in [0, 0.1) is 0 Å². The Labute approximate surface area is 150 Å². The highest BCUT2D eigenvalue weighted by Gasteiger charge is 2.23. The summed E-state index contributed by atoms with van der Waals surface area (Å²) in [6.45, 7) is 1.00. The minimum atomic E-state index is -0.300. The van der Waals surface area contributed by atoms with Gasteiger partial charge in [-0.2, -0.15) is 4.98 Å². The summed E-state index contributed by atoms with van der Waals surface area (Å²) in [7, 11) is 1.66. The summed E-state index contributed by atoms with van der Waals surface area (Å²) in [5, 5.41) is 0. The highest BCUT2D eigenvalue weighted by molar-refractivity contribution is 5.65. The number of hydrogen-bond donors (Lipinski definition) is 0. The standard InChI is InChI=1S/C20H18N2O4/c1-24-17-4-2-3-15(11-17)14-5-7-16(8-6-14)25-13-18-12-22-10-9-19(23)21-20(22)26-18/h2-11,18H,12-13H2,1H3/t18-/m0/s1. The van der Waals surface area contributed by atoms with Gasteiger partial charge in [-0.1, -0.05) is 24.3 Å². The third-order valence-corrected chi connectivity index (χ3v) is 4.21. The van der Waals surface area contributed by atoms with E-state index in [9.17, 15) is 4.79 Å². The number of fused-ring (bicyclic) bond motifs is 1. The molecule has 0 unspecified atom stereocenters. The molecule has 2 aromatic carbocycles. The molecule has 2 heterocycles. The third-order valence-electron chi connectivity index (χ3n) is 4.21. The van der Waals surface area contributed by atoms with Crippen molar-refractivity contribution in [2.24, 2.45) is 0 Å². The average molecular weight is 350 g/mol. The van der Waals surface area contributed by atoms with Gasteiger partial charge in [-0.05, 0) is 35.4 Å². The Morgan fingerprint density at radius 1 is 1.12 bits per heavy atom. The Balaban J connectivity index is 1.38. The molecule has 26 heavy (non-hydrogen) atoms. The van der Waals surface area contributed by atoms with Crippen LogP contribution in [0.2, 0.25) is 0 Å². The first-order chi connectivity index (χ1) is 12.7. The van der Waals surface area contributed by atoms with Crippen LogP contribution in [0.25, 0.3) is 11.1 Å². The lowest BCUT2D eigenvalue weighted by Crippen LogP contribution is -2.23. The quantitative estimate of drug-likeness (QED) is 0.708. The fourth-order valence-electron chi connectivity index (χ4n) is 2.87. The van der Waals surface area contributed by atoms with Crippen LogP contribution in [0.15, 0.2) is 65.6 Å². The largest absolute Gasteiger partial charge is 0.497 e. The first-order valence-corrected chi connectivity index (χ1v) is 8.33. The molecule has 1 aliphatic heterocycles.